The molecular weight excluding hydrogens is 194 g/mol. The first-order valence-electron chi connectivity index (χ1n) is 4.53. The third-order valence-corrected chi connectivity index (χ3v) is 2.37. The molecule has 0 fully saturated rings. The number of nitrogens with zero attached hydrogens (tertiary/aromatic N) is 1. The largest absolute Gasteiger partial charge is 0.318 e. The highest BCUT2D eigenvalue weighted by molar-refractivity contribution is 6.00. The molecule has 0 saturated heterocycles. The van der Waals surface area contributed by atoms with Crippen molar-refractivity contribution in [2.75, 3.05) is 7.11 Å². The van der Waals surface area contributed by atoms with Crippen LogP contribution in [0.2, 0.25) is 0 Å². The van der Waals surface area contributed by atoms with Gasteiger partial charge in [-0.05, 0) is 6.07 Å². The Morgan fingerprint density at radius 2 is 2.07 bits per heavy atom. The Bertz CT molecular complexity index is 502. The monoisotopic (exact) mass is 205 g/mol. The molecule has 15 heavy (non-hydrogen) atoms. The molecule has 0 bridgehead atoms. The second kappa shape index (κ2) is 3.74. The van der Waals surface area contributed by atoms with Crippen LogP contribution in [0.25, 0.3) is 10.9 Å². The third kappa shape index (κ3) is 1.39. The molecule has 2 rings (SSSR count). The molecule has 4 nitrogen and oxygen atoms in total. The summed E-state index contributed by atoms with van der Waals surface area (Å²) in [7, 11) is 3.23. The summed E-state index contributed by atoms with van der Waals surface area (Å²) in [5, 5.41) is 0.863. The number of carbonyl (C=O) groups is 1. The molecule has 0 atom stereocenters. The molecule has 0 radical (unpaired) electrons. The first-order valence-corrected chi connectivity index (χ1v) is 4.53. The van der Waals surface area contributed by atoms with Crippen molar-refractivity contribution >= 4 is 17.2 Å². The van der Waals surface area contributed by atoms with Crippen LogP contribution in [0.15, 0.2) is 24.3 Å². The zero-order valence-corrected chi connectivity index (χ0v) is 8.56. The van der Waals surface area contributed by atoms with E-state index in [2.05, 4.69) is 4.89 Å². The van der Waals surface area contributed by atoms with Crippen LogP contribution in [0.4, 0.5) is 0 Å². The van der Waals surface area contributed by atoms with E-state index >= 15 is 0 Å². The number of carbonyl (C=O) groups excluding carboxylic acids is 1. The van der Waals surface area contributed by atoms with Crippen LogP contribution in [0.5, 0.6) is 5.88 Å². The third-order valence-electron chi connectivity index (χ3n) is 2.37. The van der Waals surface area contributed by atoms with Crippen LogP contribution in [0, 0.1) is 0 Å². The number of aromatic nitrogens is 1. The van der Waals surface area contributed by atoms with Crippen LogP contribution in [0.1, 0.15) is 10.4 Å². The van der Waals surface area contributed by atoms with E-state index in [0.717, 1.165) is 17.2 Å². The highest BCUT2D eigenvalue weighted by atomic mass is 17.2. The van der Waals surface area contributed by atoms with Gasteiger partial charge in [-0.25, -0.2) is 0 Å². The number of hydrogen-bond donors (Lipinski definition) is 0. The molecule has 0 unspecified atom stereocenters. The van der Waals surface area contributed by atoms with Crippen LogP contribution in [-0.4, -0.2) is 18.0 Å². The lowest BCUT2D eigenvalue weighted by Crippen LogP contribution is -1.99. The Morgan fingerprint density at radius 1 is 1.33 bits per heavy atom. The average Bonchev–Trinajstić information content (AvgIpc) is 2.54. The maximum atomic E-state index is 11.0. The van der Waals surface area contributed by atoms with Gasteiger partial charge in [0.15, 0.2) is 6.29 Å². The van der Waals surface area contributed by atoms with E-state index in [4.69, 9.17) is 4.89 Å². The maximum Gasteiger partial charge on any atom is 0.248 e. The lowest BCUT2D eigenvalue weighted by atomic mass is 10.2. The summed E-state index contributed by atoms with van der Waals surface area (Å²) >= 11 is 0. The summed E-state index contributed by atoms with van der Waals surface area (Å²) < 4.78 is 1.78. The second-order valence-corrected chi connectivity index (χ2v) is 3.16. The molecule has 0 N–H and O–H groups in total. The predicted molar refractivity (Wildman–Crippen MR) is 55.9 cm³/mol. The van der Waals surface area contributed by atoms with Gasteiger partial charge >= 0.3 is 0 Å². The van der Waals surface area contributed by atoms with E-state index in [1.54, 1.807) is 4.57 Å². The van der Waals surface area contributed by atoms with Crippen LogP contribution in [-0.2, 0) is 11.9 Å². The van der Waals surface area contributed by atoms with Crippen molar-refractivity contribution in [1.29, 1.82) is 0 Å². The van der Waals surface area contributed by atoms with Gasteiger partial charge in [0.25, 0.3) is 0 Å². The fraction of sp³-hybridized carbons (Fsp3) is 0.182. The molecule has 78 valence electrons. The minimum absolute atomic E-state index is 0.425. The molecule has 0 amide bonds. The van der Waals surface area contributed by atoms with Crippen LogP contribution >= 0.6 is 0 Å². The van der Waals surface area contributed by atoms with Gasteiger partial charge in [-0.15, -0.1) is 0 Å². The SMILES string of the molecule is COOc1c(C=O)c2ccccc2n1C. The van der Waals surface area contributed by atoms with Crippen molar-refractivity contribution in [1.82, 2.24) is 4.57 Å². The summed E-state index contributed by atoms with van der Waals surface area (Å²) in [6.07, 6.45) is 0.774. The molecule has 0 aliphatic carbocycles. The molecule has 2 aromatic rings. The number of fused-ring (bicyclic) bond motifs is 1. The minimum Gasteiger partial charge on any atom is -0.318 e. The predicted octanol–water partition coefficient (Wildman–Crippen LogP) is 1.93. The van der Waals surface area contributed by atoms with Crippen molar-refractivity contribution in [2.24, 2.45) is 7.05 Å². The molecule has 0 spiro atoms. The standard InChI is InChI=1S/C11H11NO3/c1-12-10-6-4-3-5-8(10)9(7-13)11(12)15-14-2/h3-7H,1-2H3. The molecule has 0 aliphatic rings. The van der Waals surface area contributed by atoms with Gasteiger partial charge in [0.1, 0.15) is 0 Å². The molecular formula is C11H11NO3. The van der Waals surface area contributed by atoms with Gasteiger partial charge in [0.2, 0.25) is 5.88 Å². The molecule has 0 saturated carbocycles. The Hall–Kier alpha value is -1.81. The van der Waals surface area contributed by atoms with Crippen molar-refractivity contribution in [3.63, 3.8) is 0 Å². The zero-order chi connectivity index (χ0) is 10.8. The summed E-state index contributed by atoms with van der Waals surface area (Å²) in [6, 6.07) is 7.59. The van der Waals surface area contributed by atoms with Crippen LogP contribution in [0.3, 0.4) is 0 Å². The Kier molecular flexibility index (Phi) is 2.43. The fourth-order valence-corrected chi connectivity index (χ4v) is 1.69. The minimum atomic E-state index is 0.425. The van der Waals surface area contributed by atoms with E-state index < -0.39 is 0 Å². The number of para-hydroxylation sites is 1. The molecule has 4 heteroatoms. The Morgan fingerprint density at radius 3 is 2.73 bits per heavy atom. The van der Waals surface area contributed by atoms with Gasteiger partial charge in [0.05, 0.1) is 18.2 Å². The topological polar surface area (TPSA) is 40.5 Å². The highest BCUT2D eigenvalue weighted by Gasteiger charge is 2.15. The summed E-state index contributed by atoms with van der Waals surface area (Å²) in [4.78, 5) is 20.6. The maximum absolute atomic E-state index is 11.0. The second-order valence-electron chi connectivity index (χ2n) is 3.16. The average molecular weight is 205 g/mol. The molecule has 1 aromatic heterocycles. The number of rotatable bonds is 3. The smallest absolute Gasteiger partial charge is 0.248 e. The van der Waals surface area contributed by atoms with Crippen molar-refractivity contribution in [3.05, 3.63) is 29.8 Å². The number of hydrogen-bond acceptors (Lipinski definition) is 3. The van der Waals surface area contributed by atoms with E-state index in [9.17, 15) is 4.79 Å². The quantitative estimate of drug-likeness (QED) is 0.436. The lowest BCUT2D eigenvalue weighted by molar-refractivity contribution is -0.183. The summed E-state index contributed by atoms with van der Waals surface area (Å²) in [5.41, 5.74) is 1.45. The molecule has 1 heterocycles. The number of benzene rings is 1. The van der Waals surface area contributed by atoms with Crippen LogP contribution < -0.4 is 4.89 Å². The number of aldehydes is 1. The Labute approximate surface area is 86.9 Å². The Balaban J connectivity index is 2.77. The molecule has 0 aliphatic heterocycles. The van der Waals surface area contributed by atoms with Gasteiger partial charge in [-0.2, -0.15) is 4.89 Å². The van der Waals surface area contributed by atoms with E-state index in [1.807, 2.05) is 31.3 Å². The zero-order valence-electron chi connectivity index (χ0n) is 8.56. The molecule has 1 aromatic carbocycles. The van der Waals surface area contributed by atoms with Gasteiger partial charge < -0.3 is 9.45 Å². The lowest BCUT2D eigenvalue weighted by Gasteiger charge is -2.02. The van der Waals surface area contributed by atoms with Gasteiger partial charge in [0, 0.05) is 12.4 Å². The normalized spacial score (nSPS) is 10.5. The van der Waals surface area contributed by atoms with Gasteiger partial charge in [-0.1, -0.05) is 18.2 Å². The number of aryl methyl sites for hydroxylation is 1. The van der Waals surface area contributed by atoms with Crippen molar-refractivity contribution in [2.45, 2.75) is 0 Å². The van der Waals surface area contributed by atoms with E-state index in [-0.39, 0.29) is 0 Å². The van der Waals surface area contributed by atoms with E-state index in [1.165, 1.54) is 7.11 Å². The van der Waals surface area contributed by atoms with Crippen molar-refractivity contribution in [3.8, 4) is 5.88 Å². The first kappa shape index (κ1) is 9.73. The first-order chi connectivity index (χ1) is 7.29. The van der Waals surface area contributed by atoms with E-state index in [0.29, 0.717) is 11.4 Å². The highest BCUT2D eigenvalue weighted by Crippen LogP contribution is 2.29. The van der Waals surface area contributed by atoms with Gasteiger partial charge in [-0.3, -0.25) is 4.79 Å². The van der Waals surface area contributed by atoms with Crippen molar-refractivity contribution < 1.29 is 14.6 Å². The fourth-order valence-electron chi connectivity index (χ4n) is 1.69. The summed E-state index contributed by atoms with van der Waals surface area (Å²) in [5.74, 6) is 0.425. The summed E-state index contributed by atoms with van der Waals surface area (Å²) in [6.45, 7) is 0.